The Kier molecular flexibility index (Phi) is 5.39. The van der Waals surface area contributed by atoms with Gasteiger partial charge < -0.3 is 19.5 Å². The molecular formula is C25H26N4O3. The first kappa shape index (κ1) is 20.3. The number of benzene rings is 2. The number of hydrogen-bond donors (Lipinski definition) is 1. The summed E-state index contributed by atoms with van der Waals surface area (Å²) < 4.78 is 7.47. The Morgan fingerprint density at radius 3 is 2.88 bits per heavy atom. The third kappa shape index (κ3) is 3.86. The molecule has 1 saturated heterocycles. The molecule has 164 valence electrons. The number of carbonyl (C=O) groups is 2. The van der Waals surface area contributed by atoms with Crippen LogP contribution in [0.25, 0.3) is 11.3 Å². The molecule has 0 unspecified atom stereocenters. The van der Waals surface area contributed by atoms with Crippen LogP contribution in [0.4, 0.5) is 11.4 Å². The van der Waals surface area contributed by atoms with Gasteiger partial charge in [0.25, 0.3) is 0 Å². The molecule has 2 aliphatic heterocycles. The topological polar surface area (TPSA) is 76.5 Å². The predicted octanol–water partition coefficient (Wildman–Crippen LogP) is 3.89. The van der Waals surface area contributed by atoms with Crippen molar-refractivity contribution in [3.8, 4) is 17.0 Å². The molecule has 0 radical (unpaired) electrons. The molecule has 5 rings (SSSR count). The van der Waals surface area contributed by atoms with Crippen LogP contribution in [0.2, 0.25) is 0 Å². The molecule has 2 amide bonds. The maximum atomic E-state index is 13.1. The normalized spacial score (nSPS) is 17.8. The molecule has 0 bridgehead atoms. The SMILES string of the molecule is COc1cccc(N2C[C@@H](C(=O)Nc3ccccc3-c3cn4c(n3)CCCC4)CC2=O)c1. The molecule has 7 heteroatoms. The molecule has 0 spiro atoms. The number of rotatable bonds is 5. The Morgan fingerprint density at radius 1 is 1.16 bits per heavy atom. The van der Waals surface area contributed by atoms with Crippen LogP contribution >= 0.6 is 0 Å². The predicted molar refractivity (Wildman–Crippen MR) is 123 cm³/mol. The molecule has 1 atom stereocenters. The van der Waals surface area contributed by atoms with Gasteiger partial charge in [0, 0.05) is 49.4 Å². The third-order valence-corrected chi connectivity index (χ3v) is 6.23. The zero-order chi connectivity index (χ0) is 22.1. The highest BCUT2D eigenvalue weighted by molar-refractivity contribution is 6.04. The van der Waals surface area contributed by atoms with Crippen molar-refractivity contribution >= 4 is 23.2 Å². The van der Waals surface area contributed by atoms with Gasteiger partial charge in [-0.1, -0.05) is 24.3 Å². The number of fused-ring (bicyclic) bond motifs is 1. The molecule has 32 heavy (non-hydrogen) atoms. The van der Waals surface area contributed by atoms with E-state index in [1.54, 1.807) is 12.0 Å². The summed E-state index contributed by atoms with van der Waals surface area (Å²) in [6.07, 6.45) is 5.57. The number of hydrogen-bond acceptors (Lipinski definition) is 4. The van der Waals surface area contributed by atoms with Crippen LogP contribution < -0.4 is 15.0 Å². The van der Waals surface area contributed by atoms with E-state index in [2.05, 4.69) is 16.1 Å². The Hall–Kier alpha value is -3.61. The van der Waals surface area contributed by atoms with E-state index >= 15 is 0 Å². The van der Waals surface area contributed by atoms with Gasteiger partial charge >= 0.3 is 0 Å². The molecule has 3 heterocycles. The van der Waals surface area contributed by atoms with E-state index in [0.29, 0.717) is 12.3 Å². The number of nitrogens with zero attached hydrogens (tertiary/aromatic N) is 3. The Balaban J connectivity index is 1.34. The molecule has 1 aromatic heterocycles. The van der Waals surface area contributed by atoms with Gasteiger partial charge in [0.05, 0.1) is 24.4 Å². The first-order valence-electron chi connectivity index (χ1n) is 11.0. The minimum atomic E-state index is -0.419. The van der Waals surface area contributed by atoms with Crippen molar-refractivity contribution in [1.82, 2.24) is 9.55 Å². The second-order valence-corrected chi connectivity index (χ2v) is 8.33. The standard InChI is InChI=1S/C25H26N4O3/c1-32-19-8-6-7-18(14-19)29-15-17(13-24(29)30)25(31)27-21-10-3-2-9-20(21)22-16-28-12-5-4-11-23(28)26-22/h2-3,6-10,14,16-17H,4-5,11-13,15H2,1H3,(H,27,31)/t17-/m0/s1. The quantitative estimate of drug-likeness (QED) is 0.666. The lowest BCUT2D eigenvalue weighted by Gasteiger charge is -2.17. The van der Waals surface area contributed by atoms with E-state index in [0.717, 1.165) is 47.8 Å². The number of imidazole rings is 1. The van der Waals surface area contributed by atoms with Crippen LogP contribution in [0.15, 0.2) is 54.7 Å². The summed E-state index contributed by atoms with van der Waals surface area (Å²) in [6.45, 7) is 1.33. The molecule has 1 fully saturated rings. The zero-order valence-electron chi connectivity index (χ0n) is 18.1. The lowest BCUT2D eigenvalue weighted by molar-refractivity contribution is -0.122. The summed E-state index contributed by atoms with van der Waals surface area (Å²) in [4.78, 5) is 32.2. The highest BCUT2D eigenvalue weighted by Crippen LogP contribution is 2.31. The summed E-state index contributed by atoms with van der Waals surface area (Å²) in [7, 11) is 1.59. The lowest BCUT2D eigenvalue weighted by Crippen LogP contribution is -2.28. The molecule has 0 aliphatic carbocycles. The molecule has 2 aliphatic rings. The first-order valence-corrected chi connectivity index (χ1v) is 11.0. The maximum Gasteiger partial charge on any atom is 0.229 e. The number of carbonyl (C=O) groups excluding carboxylic acids is 2. The first-order chi connectivity index (χ1) is 15.6. The number of para-hydroxylation sites is 1. The summed E-state index contributed by atoms with van der Waals surface area (Å²) in [5.41, 5.74) is 3.24. The fraction of sp³-hybridized carbons (Fsp3) is 0.320. The molecule has 1 N–H and O–H groups in total. The highest BCUT2D eigenvalue weighted by Gasteiger charge is 2.35. The van der Waals surface area contributed by atoms with Crippen molar-refractivity contribution in [2.45, 2.75) is 32.2 Å². The van der Waals surface area contributed by atoms with Crippen LogP contribution in [0.5, 0.6) is 5.75 Å². The van der Waals surface area contributed by atoms with E-state index < -0.39 is 5.92 Å². The van der Waals surface area contributed by atoms with E-state index in [4.69, 9.17) is 9.72 Å². The summed E-state index contributed by atoms with van der Waals surface area (Å²) in [5.74, 6) is 1.15. The smallest absolute Gasteiger partial charge is 0.229 e. The van der Waals surface area contributed by atoms with E-state index in [1.807, 2.05) is 48.5 Å². The maximum absolute atomic E-state index is 13.1. The van der Waals surface area contributed by atoms with Crippen LogP contribution in [0, 0.1) is 5.92 Å². The van der Waals surface area contributed by atoms with Crippen molar-refractivity contribution < 1.29 is 14.3 Å². The number of nitrogens with one attached hydrogen (secondary N) is 1. The second kappa shape index (κ2) is 8.49. The van der Waals surface area contributed by atoms with Crippen LogP contribution in [-0.4, -0.2) is 35.0 Å². The number of aromatic nitrogens is 2. The average Bonchev–Trinajstić information content (AvgIpc) is 3.43. The Labute approximate surface area is 187 Å². The van der Waals surface area contributed by atoms with Crippen molar-refractivity contribution in [3.05, 3.63) is 60.6 Å². The molecule has 2 aromatic carbocycles. The van der Waals surface area contributed by atoms with Crippen molar-refractivity contribution in [3.63, 3.8) is 0 Å². The Bertz CT molecular complexity index is 1150. The van der Waals surface area contributed by atoms with Crippen LogP contribution in [0.1, 0.15) is 25.1 Å². The zero-order valence-corrected chi connectivity index (χ0v) is 18.1. The fourth-order valence-corrected chi connectivity index (χ4v) is 4.50. The largest absolute Gasteiger partial charge is 0.497 e. The lowest BCUT2D eigenvalue weighted by atomic mass is 10.1. The van der Waals surface area contributed by atoms with Gasteiger partial charge in [0.15, 0.2) is 0 Å². The van der Waals surface area contributed by atoms with E-state index in [9.17, 15) is 9.59 Å². The van der Waals surface area contributed by atoms with Gasteiger partial charge in [-0.2, -0.15) is 0 Å². The number of methoxy groups -OCH3 is 1. The van der Waals surface area contributed by atoms with Gasteiger partial charge in [0.2, 0.25) is 11.8 Å². The summed E-state index contributed by atoms with van der Waals surface area (Å²) in [6, 6.07) is 15.1. The third-order valence-electron chi connectivity index (χ3n) is 6.23. The minimum absolute atomic E-state index is 0.0616. The molecule has 0 saturated carbocycles. The second-order valence-electron chi connectivity index (χ2n) is 8.33. The van der Waals surface area contributed by atoms with Crippen molar-refractivity contribution in [2.24, 2.45) is 5.92 Å². The fourth-order valence-electron chi connectivity index (χ4n) is 4.50. The van der Waals surface area contributed by atoms with Crippen LogP contribution in [0.3, 0.4) is 0 Å². The average molecular weight is 431 g/mol. The van der Waals surface area contributed by atoms with Gasteiger partial charge in [0.1, 0.15) is 11.6 Å². The van der Waals surface area contributed by atoms with Crippen molar-refractivity contribution in [2.75, 3.05) is 23.9 Å². The highest BCUT2D eigenvalue weighted by atomic mass is 16.5. The summed E-state index contributed by atoms with van der Waals surface area (Å²) in [5, 5.41) is 3.05. The van der Waals surface area contributed by atoms with Gasteiger partial charge in [-0.05, 0) is 31.0 Å². The monoisotopic (exact) mass is 430 g/mol. The van der Waals surface area contributed by atoms with E-state index in [1.165, 1.54) is 6.42 Å². The van der Waals surface area contributed by atoms with Crippen LogP contribution in [-0.2, 0) is 22.6 Å². The van der Waals surface area contributed by atoms with Gasteiger partial charge in [-0.15, -0.1) is 0 Å². The number of anilines is 2. The Morgan fingerprint density at radius 2 is 2.03 bits per heavy atom. The summed E-state index contributed by atoms with van der Waals surface area (Å²) >= 11 is 0. The molecule has 7 nitrogen and oxygen atoms in total. The molecular weight excluding hydrogens is 404 g/mol. The molecule has 3 aromatic rings. The number of ether oxygens (including phenoxy) is 1. The van der Waals surface area contributed by atoms with Gasteiger partial charge in [-0.3, -0.25) is 9.59 Å². The van der Waals surface area contributed by atoms with Gasteiger partial charge in [-0.25, -0.2) is 4.98 Å². The minimum Gasteiger partial charge on any atom is -0.497 e. The number of amides is 2. The van der Waals surface area contributed by atoms with Crippen molar-refractivity contribution in [1.29, 1.82) is 0 Å². The van der Waals surface area contributed by atoms with E-state index in [-0.39, 0.29) is 18.2 Å². The number of aryl methyl sites for hydroxylation is 2.